The highest BCUT2D eigenvalue weighted by Crippen LogP contribution is 2.26. The van der Waals surface area contributed by atoms with Crippen molar-refractivity contribution in [2.45, 2.75) is 17.7 Å². The Labute approximate surface area is 217 Å². The second kappa shape index (κ2) is 11.3. The second-order valence-electron chi connectivity index (χ2n) is 8.43. The minimum atomic E-state index is -4.12. The summed E-state index contributed by atoms with van der Waals surface area (Å²) in [7, 11) is 0.555. The molecule has 1 amide bonds. The summed E-state index contributed by atoms with van der Waals surface area (Å²) in [6.07, 6.45) is 0.275. The van der Waals surface area contributed by atoms with E-state index in [9.17, 15) is 13.2 Å². The number of methoxy groups -OCH3 is 3. The molecule has 0 spiro atoms. The van der Waals surface area contributed by atoms with Crippen LogP contribution in [0.25, 0.3) is 10.8 Å². The highest BCUT2D eigenvalue weighted by atomic mass is 32.2. The van der Waals surface area contributed by atoms with Gasteiger partial charge < -0.3 is 14.2 Å². The van der Waals surface area contributed by atoms with Gasteiger partial charge in [-0.1, -0.05) is 36.4 Å². The Morgan fingerprint density at radius 3 is 1.97 bits per heavy atom. The summed E-state index contributed by atoms with van der Waals surface area (Å²) < 4.78 is 44.0. The second-order valence-corrected chi connectivity index (χ2v) is 10.3. The summed E-state index contributed by atoms with van der Waals surface area (Å²) in [5, 5.41) is 1.96. The Morgan fingerprint density at radius 2 is 1.35 bits per heavy atom. The van der Waals surface area contributed by atoms with Gasteiger partial charge in [0.05, 0.1) is 32.6 Å². The Balaban J connectivity index is 1.66. The lowest BCUT2D eigenvalue weighted by atomic mass is 10.0. The molecule has 0 aliphatic heterocycles. The summed E-state index contributed by atoms with van der Waals surface area (Å²) in [5.41, 5.74) is 1.61. The van der Waals surface area contributed by atoms with Crippen molar-refractivity contribution in [2.75, 3.05) is 27.9 Å². The maximum Gasteiger partial charge on any atom is 0.266 e. The van der Waals surface area contributed by atoms with Crippen LogP contribution in [0.4, 0.5) is 0 Å². The molecule has 37 heavy (non-hydrogen) atoms. The van der Waals surface area contributed by atoms with Gasteiger partial charge in [0.15, 0.2) is 0 Å². The zero-order valence-corrected chi connectivity index (χ0v) is 21.8. The third-order valence-corrected chi connectivity index (χ3v) is 8.04. The molecular weight excluding hydrogens is 490 g/mol. The van der Waals surface area contributed by atoms with Crippen LogP contribution in [0.1, 0.15) is 11.1 Å². The van der Waals surface area contributed by atoms with Crippen molar-refractivity contribution in [3.63, 3.8) is 0 Å². The molecule has 0 saturated carbocycles. The summed E-state index contributed by atoms with van der Waals surface area (Å²) in [5.74, 6) is 1.38. The molecule has 8 heteroatoms. The number of sulfonamides is 1. The molecule has 0 heterocycles. The number of hydrogen-bond donors (Lipinski definition) is 0. The first-order valence-electron chi connectivity index (χ1n) is 11.7. The van der Waals surface area contributed by atoms with E-state index in [1.807, 2.05) is 36.4 Å². The fraction of sp³-hybridized carbons (Fsp3) is 0.207. The average molecular weight is 520 g/mol. The molecule has 0 aliphatic rings. The van der Waals surface area contributed by atoms with E-state index in [1.54, 1.807) is 50.6 Å². The Bertz CT molecular complexity index is 1480. The highest BCUT2D eigenvalue weighted by Gasteiger charge is 2.29. The van der Waals surface area contributed by atoms with E-state index < -0.39 is 15.9 Å². The monoisotopic (exact) mass is 519 g/mol. The van der Waals surface area contributed by atoms with Crippen molar-refractivity contribution in [2.24, 2.45) is 0 Å². The van der Waals surface area contributed by atoms with E-state index in [0.717, 1.165) is 20.6 Å². The molecule has 0 saturated heterocycles. The molecule has 0 unspecified atom stereocenters. The summed E-state index contributed by atoms with van der Waals surface area (Å²) in [4.78, 5) is 13.5. The van der Waals surface area contributed by atoms with Crippen molar-refractivity contribution < 1.29 is 27.4 Å². The number of nitrogens with zero attached hydrogens (tertiary/aromatic N) is 1. The van der Waals surface area contributed by atoms with E-state index in [-0.39, 0.29) is 17.9 Å². The van der Waals surface area contributed by atoms with Crippen molar-refractivity contribution in [3.8, 4) is 17.2 Å². The van der Waals surface area contributed by atoms with Crippen LogP contribution in [-0.2, 0) is 27.7 Å². The van der Waals surface area contributed by atoms with E-state index in [2.05, 4.69) is 0 Å². The minimum absolute atomic E-state index is 0.0142. The van der Waals surface area contributed by atoms with Gasteiger partial charge in [0.2, 0.25) is 5.91 Å². The lowest BCUT2D eigenvalue weighted by Crippen LogP contribution is -2.39. The number of carbonyl (C=O) groups excluding carboxylic acids is 1. The van der Waals surface area contributed by atoms with Crippen LogP contribution < -0.4 is 14.2 Å². The minimum Gasteiger partial charge on any atom is -0.497 e. The molecule has 0 fully saturated rings. The molecule has 0 radical (unpaired) electrons. The number of fused-ring (bicyclic) bond motifs is 1. The fourth-order valence-corrected chi connectivity index (χ4v) is 5.54. The zero-order chi connectivity index (χ0) is 26.4. The quantitative estimate of drug-likeness (QED) is 0.297. The van der Waals surface area contributed by atoms with Crippen LogP contribution in [0.5, 0.6) is 17.2 Å². The summed E-state index contributed by atoms with van der Waals surface area (Å²) in [6.45, 7) is -0.0142. The van der Waals surface area contributed by atoms with Gasteiger partial charge in [-0.3, -0.25) is 4.79 Å². The Morgan fingerprint density at radius 1 is 0.757 bits per heavy atom. The summed E-state index contributed by atoms with van der Waals surface area (Å²) in [6, 6.07) is 24.6. The van der Waals surface area contributed by atoms with Gasteiger partial charge in [-0.25, -0.2) is 12.7 Å². The largest absolute Gasteiger partial charge is 0.497 e. The fourth-order valence-electron chi connectivity index (χ4n) is 4.14. The first kappa shape index (κ1) is 26.0. The van der Waals surface area contributed by atoms with Gasteiger partial charge >= 0.3 is 0 Å². The van der Waals surface area contributed by atoms with Crippen molar-refractivity contribution in [3.05, 3.63) is 96.1 Å². The number of ether oxygens (including phenoxy) is 3. The van der Waals surface area contributed by atoms with Crippen LogP contribution >= 0.6 is 0 Å². The lowest BCUT2D eigenvalue weighted by molar-refractivity contribution is -0.125. The van der Waals surface area contributed by atoms with E-state index in [0.29, 0.717) is 29.2 Å². The van der Waals surface area contributed by atoms with Crippen LogP contribution in [0.2, 0.25) is 0 Å². The molecule has 0 N–H and O–H groups in total. The third-order valence-electron chi connectivity index (χ3n) is 6.20. The molecular formula is C29H29NO6S. The van der Waals surface area contributed by atoms with Gasteiger partial charge in [-0.2, -0.15) is 0 Å². The lowest BCUT2D eigenvalue weighted by Gasteiger charge is -2.23. The average Bonchev–Trinajstić information content (AvgIpc) is 2.93. The number of carbonyl (C=O) groups is 1. The normalized spacial score (nSPS) is 11.2. The van der Waals surface area contributed by atoms with Crippen molar-refractivity contribution >= 4 is 26.7 Å². The molecule has 0 aliphatic carbocycles. The molecule has 0 atom stereocenters. The van der Waals surface area contributed by atoms with E-state index >= 15 is 0 Å². The van der Waals surface area contributed by atoms with Crippen molar-refractivity contribution in [1.82, 2.24) is 4.31 Å². The van der Waals surface area contributed by atoms with Crippen LogP contribution in [0, 0.1) is 0 Å². The smallest absolute Gasteiger partial charge is 0.266 e. The number of benzene rings is 4. The maximum atomic E-state index is 13.7. The van der Waals surface area contributed by atoms with Crippen LogP contribution in [0.15, 0.2) is 89.8 Å². The number of hydrogen-bond acceptors (Lipinski definition) is 6. The maximum absolute atomic E-state index is 13.7. The SMILES string of the molecule is COc1ccc(CC(=O)N(CCc2cccc3ccc(OC)cc23)S(=O)(=O)c2ccc(OC)cc2)cc1. The molecule has 4 aromatic rings. The predicted molar refractivity (Wildman–Crippen MR) is 143 cm³/mol. The molecule has 4 rings (SSSR count). The summed E-state index contributed by atoms with van der Waals surface area (Å²) >= 11 is 0. The first-order chi connectivity index (χ1) is 17.8. The van der Waals surface area contributed by atoms with E-state index in [4.69, 9.17) is 14.2 Å². The van der Waals surface area contributed by atoms with Gasteiger partial charge in [0.1, 0.15) is 17.2 Å². The third kappa shape index (κ3) is 5.86. The van der Waals surface area contributed by atoms with Gasteiger partial charge in [0, 0.05) is 6.54 Å². The van der Waals surface area contributed by atoms with E-state index in [1.165, 1.54) is 19.2 Å². The molecule has 7 nitrogen and oxygen atoms in total. The first-order valence-corrected chi connectivity index (χ1v) is 13.2. The Hall–Kier alpha value is -4.04. The topological polar surface area (TPSA) is 82.1 Å². The number of rotatable bonds is 10. The van der Waals surface area contributed by atoms with Crippen LogP contribution in [-0.4, -0.2) is 46.5 Å². The molecule has 0 aromatic heterocycles. The Kier molecular flexibility index (Phi) is 7.98. The standard InChI is InChI=1S/C29H29NO6S/c1-34-24-10-7-21(8-11-24)19-29(31)30(37(32,33)27-15-13-25(35-2)14-16-27)18-17-23-6-4-5-22-9-12-26(36-3)20-28(22)23/h4-16,20H,17-19H2,1-3H3. The molecule has 4 aromatic carbocycles. The predicted octanol–water partition coefficient (Wildman–Crippen LogP) is 4.87. The van der Waals surface area contributed by atoms with Gasteiger partial charge in [0.25, 0.3) is 10.0 Å². The zero-order valence-electron chi connectivity index (χ0n) is 21.0. The molecule has 192 valence electrons. The van der Waals surface area contributed by atoms with Crippen LogP contribution in [0.3, 0.4) is 0 Å². The van der Waals surface area contributed by atoms with Gasteiger partial charge in [-0.05, 0) is 76.9 Å². The number of amides is 1. The van der Waals surface area contributed by atoms with Crippen molar-refractivity contribution in [1.29, 1.82) is 0 Å². The molecule has 0 bridgehead atoms. The van der Waals surface area contributed by atoms with Gasteiger partial charge in [-0.15, -0.1) is 0 Å². The highest BCUT2D eigenvalue weighted by molar-refractivity contribution is 7.89.